The molecule has 0 spiro atoms. The van der Waals surface area contributed by atoms with Crippen LogP contribution in [0, 0.1) is 5.21 Å². The minimum atomic E-state index is -2.75. The largest absolute Gasteiger partial charge is 0.626 e. The second-order valence-corrected chi connectivity index (χ2v) is 6.45. The number of fused-ring (bicyclic) bond motifs is 1. The summed E-state index contributed by atoms with van der Waals surface area (Å²) in [5.41, 5.74) is 0.522. The van der Waals surface area contributed by atoms with E-state index in [0.29, 0.717) is 24.6 Å². The molecule has 3 heterocycles. The molecule has 1 N–H and O–H groups in total. The van der Waals surface area contributed by atoms with Crippen LogP contribution in [0.1, 0.15) is 26.2 Å². The summed E-state index contributed by atoms with van der Waals surface area (Å²) in [6.45, 7) is 2.33. The second kappa shape index (κ2) is 5.18. The standard InChI is InChI=1S/C15H18F2N6O/c1-2-10-7-19-12-8-20-14(22-4-3-18-9-22)21-13(12)23(10,24)11-5-15(16,17)6-11/h3-4,8-11,19H,2,5-7H2,1H3. The summed E-state index contributed by atoms with van der Waals surface area (Å²) in [5, 5.41) is 16.9. The van der Waals surface area contributed by atoms with Gasteiger partial charge >= 0.3 is 0 Å². The number of nitrogens with zero attached hydrogens (tertiary/aromatic N) is 5. The maximum atomic E-state index is 13.7. The van der Waals surface area contributed by atoms with Crippen LogP contribution < -0.4 is 9.96 Å². The number of halogens is 2. The van der Waals surface area contributed by atoms with E-state index in [9.17, 15) is 14.0 Å². The number of hydroxylamine groups is 2. The van der Waals surface area contributed by atoms with Gasteiger partial charge in [-0.1, -0.05) is 6.92 Å². The van der Waals surface area contributed by atoms with Gasteiger partial charge in [0, 0.05) is 12.4 Å². The average Bonchev–Trinajstić information content (AvgIpc) is 3.07. The maximum absolute atomic E-state index is 13.7. The normalized spacial score (nSPS) is 28.8. The van der Waals surface area contributed by atoms with E-state index in [1.54, 1.807) is 23.2 Å². The number of aromatic nitrogens is 4. The topological polar surface area (TPSA) is 78.7 Å². The van der Waals surface area contributed by atoms with E-state index in [2.05, 4.69) is 20.3 Å². The van der Waals surface area contributed by atoms with E-state index in [1.165, 1.54) is 6.33 Å². The number of alkyl halides is 2. The molecule has 0 saturated heterocycles. The highest BCUT2D eigenvalue weighted by Crippen LogP contribution is 2.49. The predicted octanol–water partition coefficient (Wildman–Crippen LogP) is 2.47. The van der Waals surface area contributed by atoms with E-state index in [1.807, 2.05) is 6.92 Å². The summed E-state index contributed by atoms with van der Waals surface area (Å²) in [6, 6.07) is -1.01. The minimum Gasteiger partial charge on any atom is -0.626 e. The molecule has 7 nitrogen and oxygen atoms in total. The number of quaternary nitrogens is 1. The van der Waals surface area contributed by atoms with Crippen molar-refractivity contribution in [1.82, 2.24) is 24.2 Å². The number of rotatable bonds is 3. The molecule has 2 atom stereocenters. The summed E-state index contributed by atoms with van der Waals surface area (Å²) in [6.07, 6.45) is 6.14. The lowest BCUT2D eigenvalue weighted by atomic mass is 9.84. The third-order valence-electron chi connectivity index (χ3n) is 4.98. The van der Waals surface area contributed by atoms with Gasteiger partial charge in [0.05, 0.1) is 25.6 Å². The van der Waals surface area contributed by atoms with Crippen LogP contribution >= 0.6 is 0 Å². The Balaban J connectivity index is 1.79. The molecule has 24 heavy (non-hydrogen) atoms. The van der Waals surface area contributed by atoms with Crippen LogP contribution in [-0.4, -0.2) is 44.1 Å². The number of hydrogen-bond donors (Lipinski definition) is 1. The van der Waals surface area contributed by atoms with Crippen molar-refractivity contribution in [2.75, 3.05) is 11.9 Å². The van der Waals surface area contributed by atoms with Gasteiger partial charge in [-0.2, -0.15) is 4.98 Å². The van der Waals surface area contributed by atoms with Crippen molar-refractivity contribution >= 4 is 11.5 Å². The number of anilines is 1. The first-order valence-corrected chi connectivity index (χ1v) is 8.01. The van der Waals surface area contributed by atoms with E-state index >= 15 is 0 Å². The lowest BCUT2D eigenvalue weighted by Crippen LogP contribution is -2.68. The van der Waals surface area contributed by atoms with E-state index in [4.69, 9.17) is 0 Å². The third-order valence-corrected chi connectivity index (χ3v) is 4.98. The van der Waals surface area contributed by atoms with Crippen LogP contribution in [0.25, 0.3) is 5.95 Å². The molecule has 0 radical (unpaired) electrons. The minimum absolute atomic E-state index is 0.243. The molecule has 1 aliphatic heterocycles. The molecule has 9 heteroatoms. The Morgan fingerprint density at radius 3 is 2.88 bits per heavy atom. The van der Waals surface area contributed by atoms with Crippen LogP contribution in [0.3, 0.4) is 0 Å². The van der Waals surface area contributed by atoms with Crippen molar-refractivity contribution in [1.29, 1.82) is 0 Å². The first-order valence-electron chi connectivity index (χ1n) is 8.01. The quantitative estimate of drug-likeness (QED) is 0.688. The highest BCUT2D eigenvalue weighted by atomic mass is 19.3. The zero-order valence-electron chi connectivity index (χ0n) is 13.2. The van der Waals surface area contributed by atoms with E-state index < -0.39 is 29.5 Å². The van der Waals surface area contributed by atoms with E-state index in [-0.39, 0.29) is 11.9 Å². The molecule has 1 saturated carbocycles. The van der Waals surface area contributed by atoms with Crippen molar-refractivity contribution in [3.63, 3.8) is 0 Å². The van der Waals surface area contributed by atoms with Crippen molar-refractivity contribution in [3.8, 4) is 5.95 Å². The highest BCUT2D eigenvalue weighted by Gasteiger charge is 2.57. The van der Waals surface area contributed by atoms with E-state index in [0.717, 1.165) is 0 Å². The molecule has 0 bridgehead atoms. The summed E-state index contributed by atoms with van der Waals surface area (Å²) in [7, 11) is 0. The Labute approximate surface area is 137 Å². The fraction of sp³-hybridized carbons (Fsp3) is 0.533. The van der Waals surface area contributed by atoms with Gasteiger partial charge in [0.1, 0.15) is 24.1 Å². The maximum Gasteiger partial charge on any atom is 0.259 e. The molecular formula is C15H18F2N6O. The Morgan fingerprint density at radius 1 is 1.46 bits per heavy atom. The lowest BCUT2D eigenvalue weighted by Gasteiger charge is -2.58. The Kier molecular flexibility index (Phi) is 3.33. The third kappa shape index (κ3) is 2.19. The van der Waals surface area contributed by atoms with Gasteiger partial charge in [0.2, 0.25) is 5.95 Å². The molecule has 0 amide bonds. The van der Waals surface area contributed by atoms with Crippen LogP contribution in [0.2, 0.25) is 0 Å². The molecule has 2 aromatic heterocycles. The Bertz CT molecular complexity index is 744. The fourth-order valence-corrected chi connectivity index (χ4v) is 3.58. The van der Waals surface area contributed by atoms with Gasteiger partial charge in [-0.3, -0.25) is 4.57 Å². The van der Waals surface area contributed by atoms with Gasteiger partial charge in [-0.15, -0.1) is 0 Å². The monoisotopic (exact) mass is 336 g/mol. The fourth-order valence-electron chi connectivity index (χ4n) is 3.58. The second-order valence-electron chi connectivity index (χ2n) is 6.45. The Hall–Kier alpha value is -2.13. The Morgan fingerprint density at radius 2 is 2.25 bits per heavy atom. The highest BCUT2D eigenvalue weighted by molar-refractivity contribution is 5.67. The zero-order chi connectivity index (χ0) is 16.9. The van der Waals surface area contributed by atoms with Crippen LogP contribution in [-0.2, 0) is 0 Å². The molecule has 4 rings (SSSR count). The number of imidazole rings is 1. The molecule has 1 fully saturated rings. The summed E-state index contributed by atoms with van der Waals surface area (Å²) in [5.74, 6) is -2.19. The van der Waals surface area contributed by atoms with Crippen molar-refractivity contribution < 1.29 is 8.78 Å². The first-order chi connectivity index (χ1) is 11.4. The molecule has 2 unspecified atom stereocenters. The molecule has 2 aromatic rings. The van der Waals surface area contributed by atoms with Gasteiger partial charge in [0.15, 0.2) is 0 Å². The predicted molar refractivity (Wildman–Crippen MR) is 84.9 cm³/mol. The molecule has 128 valence electrons. The number of nitrogens with one attached hydrogen (secondary N) is 1. The molecular weight excluding hydrogens is 318 g/mol. The molecule has 2 aliphatic rings. The summed E-state index contributed by atoms with van der Waals surface area (Å²) >= 11 is 0. The zero-order valence-corrected chi connectivity index (χ0v) is 13.2. The summed E-state index contributed by atoms with van der Waals surface area (Å²) < 4.78 is 27.6. The van der Waals surface area contributed by atoms with Crippen molar-refractivity contribution in [3.05, 3.63) is 30.1 Å². The average molecular weight is 336 g/mol. The first kappa shape index (κ1) is 15.4. The van der Waals surface area contributed by atoms with Crippen LogP contribution in [0.15, 0.2) is 24.9 Å². The smallest absolute Gasteiger partial charge is 0.259 e. The van der Waals surface area contributed by atoms with Crippen LogP contribution in [0.5, 0.6) is 0 Å². The molecule has 0 aromatic carbocycles. The van der Waals surface area contributed by atoms with Gasteiger partial charge in [-0.25, -0.2) is 18.7 Å². The number of hydrogen-bond acceptors (Lipinski definition) is 5. The van der Waals surface area contributed by atoms with Gasteiger partial charge in [0.25, 0.3) is 11.7 Å². The molecule has 1 aliphatic carbocycles. The van der Waals surface area contributed by atoms with Gasteiger partial charge < -0.3 is 15.2 Å². The van der Waals surface area contributed by atoms with Gasteiger partial charge in [-0.05, 0) is 6.42 Å². The summed E-state index contributed by atoms with van der Waals surface area (Å²) in [4.78, 5) is 12.6. The lowest BCUT2D eigenvalue weighted by molar-refractivity contribution is -0.120. The van der Waals surface area contributed by atoms with Crippen LogP contribution in [0.4, 0.5) is 20.3 Å². The van der Waals surface area contributed by atoms with Crippen molar-refractivity contribution in [2.45, 2.75) is 44.2 Å². The SMILES string of the molecule is CCC1CNc2cnc(-n3ccnc3)nc2[N+]1([O-])C1CC(F)(F)C1. The van der Waals surface area contributed by atoms with Crippen molar-refractivity contribution in [2.24, 2.45) is 0 Å².